The van der Waals surface area contributed by atoms with Gasteiger partial charge < -0.3 is 9.64 Å². The zero-order chi connectivity index (χ0) is 18.6. The van der Waals surface area contributed by atoms with E-state index in [9.17, 15) is 4.79 Å². The number of hydrogen-bond acceptors (Lipinski definition) is 4. The quantitative estimate of drug-likeness (QED) is 0.845. The van der Waals surface area contributed by atoms with Crippen LogP contribution in [-0.2, 0) is 0 Å². The SMILES string of the molecule is COc1cccc([C@H]2CCCN2C(=O)Nc2n[nH]c(C3CCCCC3)n2)c1. The predicted molar refractivity (Wildman–Crippen MR) is 103 cm³/mol. The van der Waals surface area contributed by atoms with Crippen LogP contribution in [0.25, 0.3) is 0 Å². The van der Waals surface area contributed by atoms with Crippen LogP contribution in [0.3, 0.4) is 0 Å². The summed E-state index contributed by atoms with van der Waals surface area (Å²) < 4.78 is 5.32. The number of carbonyl (C=O) groups is 1. The van der Waals surface area contributed by atoms with E-state index in [1.54, 1.807) is 7.11 Å². The summed E-state index contributed by atoms with van der Waals surface area (Å²) in [4.78, 5) is 19.2. The molecule has 0 radical (unpaired) electrons. The lowest BCUT2D eigenvalue weighted by Crippen LogP contribution is -2.34. The molecule has 0 unspecified atom stereocenters. The standard InChI is InChI=1S/C20H27N5O2/c1-27-16-10-5-9-15(13-16)17-11-6-12-25(17)20(26)22-19-21-18(23-24-19)14-7-3-2-4-8-14/h5,9-10,13-14,17H,2-4,6-8,11-12H2,1H3,(H2,21,22,23,24,26)/t17-/m1/s1. The van der Waals surface area contributed by atoms with Crippen molar-refractivity contribution < 1.29 is 9.53 Å². The lowest BCUT2D eigenvalue weighted by molar-refractivity contribution is 0.207. The first-order valence-corrected chi connectivity index (χ1v) is 9.88. The van der Waals surface area contributed by atoms with Crippen molar-refractivity contribution in [1.82, 2.24) is 20.1 Å². The number of ether oxygens (including phenoxy) is 1. The molecule has 1 aliphatic heterocycles. The number of urea groups is 1. The molecule has 1 aromatic heterocycles. The number of H-pyrrole nitrogens is 1. The highest BCUT2D eigenvalue weighted by Crippen LogP contribution is 2.34. The van der Waals surface area contributed by atoms with Gasteiger partial charge in [0.05, 0.1) is 13.2 Å². The fraction of sp³-hybridized carbons (Fsp3) is 0.550. The highest BCUT2D eigenvalue weighted by Gasteiger charge is 2.31. The second kappa shape index (κ2) is 7.98. The van der Waals surface area contributed by atoms with Gasteiger partial charge in [0.2, 0.25) is 5.95 Å². The van der Waals surface area contributed by atoms with Gasteiger partial charge in [0, 0.05) is 12.5 Å². The molecule has 1 aromatic carbocycles. The summed E-state index contributed by atoms with van der Waals surface area (Å²) in [6, 6.07) is 7.85. The average Bonchev–Trinajstić information content (AvgIpc) is 3.38. The first-order chi connectivity index (χ1) is 13.2. The molecule has 1 aliphatic carbocycles. The van der Waals surface area contributed by atoms with Crippen LogP contribution in [0.5, 0.6) is 5.75 Å². The number of carbonyl (C=O) groups excluding carboxylic acids is 1. The molecule has 1 saturated carbocycles. The molecule has 2 fully saturated rings. The molecular formula is C20H27N5O2. The summed E-state index contributed by atoms with van der Waals surface area (Å²) in [7, 11) is 1.66. The maximum absolute atomic E-state index is 12.8. The van der Waals surface area contributed by atoms with Gasteiger partial charge in [0.15, 0.2) is 0 Å². The summed E-state index contributed by atoms with van der Waals surface area (Å²) >= 11 is 0. The van der Waals surface area contributed by atoms with Crippen molar-refractivity contribution in [2.75, 3.05) is 19.0 Å². The van der Waals surface area contributed by atoms with Crippen LogP contribution in [0.4, 0.5) is 10.7 Å². The Hall–Kier alpha value is -2.57. The highest BCUT2D eigenvalue weighted by molar-refractivity contribution is 5.88. The summed E-state index contributed by atoms with van der Waals surface area (Å²) in [5.74, 6) is 2.52. The largest absolute Gasteiger partial charge is 0.497 e. The second-order valence-electron chi connectivity index (χ2n) is 7.44. The number of anilines is 1. The molecule has 2 N–H and O–H groups in total. The normalized spacial score (nSPS) is 20.6. The first kappa shape index (κ1) is 17.8. The minimum Gasteiger partial charge on any atom is -0.497 e. The van der Waals surface area contributed by atoms with Crippen LogP contribution in [0.2, 0.25) is 0 Å². The zero-order valence-electron chi connectivity index (χ0n) is 15.8. The third-order valence-corrected chi connectivity index (χ3v) is 5.71. The number of methoxy groups -OCH3 is 1. The number of benzene rings is 1. The van der Waals surface area contributed by atoms with Gasteiger partial charge in [-0.2, -0.15) is 4.98 Å². The fourth-order valence-corrected chi connectivity index (χ4v) is 4.26. The number of amides is 2. The minimum atomic E-state index is -0.144. The number of rotatable bonds is 4. The molecule has 2 aromatic rings. The van der Waals surface area contributed by atoms with E-state index < -0.39 is 0 Å². The Labute approximate surface area is 159 Å². The molecule has 4 rings (SSSR count). The number of nitrogens with one attached hydrogen (secondary N) is 2. The zero-order valence-corrected chi connectivity index (χ0v) is 15.8. The number of hydrogen-bond donors (Lipinski definition) is 2. The maximum atomic E-state index is 12.8. The van der Waals surface area contributed by atoms with Gasteiger partial charge in [0.1, 0.15) is 11.6 Å². The summed E-state index contributed by atoms with van der Waals surface area (Å²) in [6.45, 7) is 0.730. The Morgan fingerprint density at radius 1 is 1.22 bits per heavy atom. The number of aromatic amines is 1. The van der Waals surface area contributed by atoms with Gasteiger partial charge >= 0.3 is 6.03 Å². The van der Waals surface area contributed by atoms with Gasteiger partial charge in [0.25, 0.3) is 0 Å². The molecule has 144 valence electrons. The maximum Gasteiger partial charge on any atom is 0.324 e. The highest BCUT2D eigenvalue weighted by atomic mass is 16.5. The van der Waals surface area contributed by atoms with Gasteiger partial charge in [-0.05, 0) is 43.4 Å². The average molecular weight is 369 g/mol. The van der Waals surface area contributed by atoms with E-state index in [4.69, 9.17) is 4.74 Å². The summed E-state index contributed by atoms with van der Waals surface area (Å²) in [5, 5.41) is 10.1. The molecule has 27 heavy (non-hydrogen) atoms. The Kier molecular flexibility index (Phi) is 5.27. The predicted octanol–water partition coefficient (Wildman–Crippen LogP) is 4.23. The van der Waals surface area contributed by atoms with Gasteiger partial charge in [-0.3, -0.25) is 10.4 Å². The van der Waals surface area contributed by atoms with Gasteiger partial charge in [-0.15, -0.1) is 5.10 Å². The van der Waals surface area contributed by atoms with Crippen molar-refractivity contribution in [3.8, 4) is 5.75 Å². The molecule has 7 heteroatoms. The Morgan fingerprint density at radius 2 is 2.07 bits per heavy atom. The van der Waals surface area contributed by atoms with Crippen LogP contribution in [-0.4, -0.2) is 39.8 Å². The van der Waals surface area contributed by atoms with E-state index in [1.807, 2.05) is 29.2 Å². The molecular weight excluding hydrogens is 342 g/mol. The van der Waals surface area contributed by atoms with Crippen molar-refractivity contribution in [3.05, 3.63) is 35.7 Å². The molecule has 2 aliphatic rings. The lowest BCUT2D eigenvalue weighted by Gasteiger charge is -2.25. The van der Waals surface area contributed by atoms with E-state index >= 15 is 0 Å². The van der Waals surface area contributed by atoms with Crippen LogP contribution < -0.4 is 10.1 Å². The monoisotopic (exact) mass is 369 g/mol. The van der Waals surface area contributed by atoms with Crippen molar-refractivity contribution in [1.29, 1.82) is 0 Å². The topological polar surface area (TPSA) is 83.1 Å². The number of aromatic nitrogens is 3. The van der Waals surface area contributed by atoms with Gasteiger partial charge in [-0.1, -0.05) is 31.4 Å². The van der Waals surface area contributed by atoms with Gasteiger partial charge in [-0.25, -0.2) is 4.79 Å². The minimum absolute atomic E-state index is 0.0526. The molecule has 1 saturated heterocycles. The van der Waals surface area contributed by atoms with Crippen molar-refractivity contribution in [2.45, 2.75) is 56.9 Å². The van der Waals surface area contributed by atoms with Crippen molar-refractivity contribution in [2.24, 2.45) is 0 Å². The molecule has 0 bridgehead atoms. The van der Waals surface area contributed by atoms with Crippen LogP contribution in [0.15, 0.2) is 24.3 Å². The summed E-state index contributed by atoms with van der Waals surface area (Å²) in [6.07, 6.45) is 8.00. The second-order valence-corrected chi connectivity index (χ2v) is 7.44. The first-order valence-electron chi connectivity index (χ1n) is 9.88. The number of nitrogens with zero attached hydrogens (tertiary/aromatic N) is 3. The molecule has 1 atom stereocenters. The van der Waals surface area contributed by atoms with Crippen LogP contribution in [0, 0.1) is 0 Å². The Morgan fingerprint density at radius 3 is 2.89 bits per heavy atom. The summed E-state index contributed by atoms with van der Waals surface area (Å²) in [5.41, 5.74) is 1.10. The van der Waals surface area contributed by atoms with Crippen molar-refractivity contribution in [3.63, 3.8) is 0 Å². The molecule has 7 nitrogen and oxygen atoms in total. The lowest BCUT2D eigenvalue weighted by atomic mass is 9.89. The Bertz CT molecular complexity index is 784. The molecule has 2 heterocycles. The number of likely N-dealkylation sites (tertiary alicyclic amines) is 1. The van der Waals surface area contributed by atoms with E-state index in [1.165, 1.54) is 19.3 Å². The molecule has 0 spiro atoms. The third kappa shape index (κ3) is 3.91. The smallest absolute Gasteiger partial charge is 0.324 e. The van der Waals surface area contributed by atoms with E-state index in [-0.39, 0.29) is 12.1 Å². The van der Waals surface area contributed by atoms with E-state index in [0.29, 0.717) is 11.9 Å². The third-order valence-electron chi connectivity index (χ3n) is 5.71. The van der Waals surface area contributed by atoms with Crippen LogP contribution in [0.1, 0.15) is 68.3 Å². The fourth-order valence-electron chi connectivity index (χ4n) is 4.26. The van der Waals surface area contributed by atoms with E-state index in [0.717, 1.165) is 49.4 Å². The molecule has 2 amide bonds. The van der Waals surface area contributed by atoms with E-state index in [2.05, 4.69) is 20.5 Å². The van der Waals surface area contributed by atoms with Crippen LogP contribution >= 0.6 is 0 Å². The van der Waals surface area contributed by atoms with Crippen molar-refractivity contribution >= 4 is 12.0 Å². The Balaban J connectivity index is 1.43.